The molecule has 0 aromatic heterocycles. The van der Waals surface area contributed by atoms with Crippen LogP contribution in [-0.2, 0) is 14.3 Å². The Kier molecular flexibility index (Phi) is 3.40. The number of carbonyl (C=O) groups is 2. The lowest BCUT2D eigenvalue weighted by molar-refractivity contribution is -0.152. The van der Waals surface area contributed by atoms with E-state index in [1.807, 2.05) is 0 Å². The van der Waals surface area contributed by atoms with Gasteiger partial charge in [-0.25, -0.2) is 4.79 Å². The van der Waals surface area contributed by atoms with Gasteiger partial charge in [-0.15, -0.1) is 0 Å². The molecular formula is C11H12O3. The molecule has 0 unspecified atom stereocenters. The molecule has 0 amide bonds. The summed E-state index contributed by atoms with van der Waals surface area (Å²) in [4.78, 5) is 20.2. The van der Waals surface area contributed by atoms with Gasteiger partial charge in [0, 0.05) is 6.92 Å². The summed E-state index contributed by atoms with van der Waals surface area (Å²) in [6, 6.07) is 8.48. The van der Waals surface area contributed by atoms with Crippen LogP contribution in [0.5, 0.6) is 0 Å². The van der Waals surface area contributed by atoms with E-state index in [4.69, 9.17) is 0 Å². The summed E-state index contributed by atoms with van der Waals surface area (Å²) in [5.41, 5.74) is 2.85. The normalized spacial score (nSPS) is 9.57. The number of hydrogen-bond acceptors (Lipinski definition) is 3. The number of rotatable bonds is 2. The maximum absolute atomic E-state index is 10.2. The van der Waals surface area contributed by atoms with Gasteiger partial charge >= 0.3 is 5.97 Å². The van der Waals surface area contributed by atoms with Gasteiger partial charge in [-0.05, 0) is 24.1 Å². The van der Waals surface area contributed by atoms with Gasteiger partial charge in [0.15, 0.2) is 0 Å². The summed E-state index contributed by atoms with van der Waals surface area (Å²) < 4.78 is 4.31. The van der Waals surface area contributed by atoms with Crippen molar-refractivity contribution < 1.29 is 14.3 Å². The molecule has 0 fully saturated rings. The molecule has 14 heavy (non-hydrogen) atoms. The molecular weight excluding hydrogens is 180 g/mol. The van der Waals surface area contributed by atoms with Crippen molar-refractivity contribution in [2.45, 2.75) is 13.8 Å². The highest BCUT2D eigenvalue weighted by atomic mass is 16.5. The van der Waals surface area contributed by atoms with Crippen molar-refractivity contribution in [1.29, 1.82) is 0 Å². The fraction of sp³-hybridized carbons (Fsp3) is 0.273. The number of ether oxygens (including phenoxy) is 1. The van der Waals surface area contributed by atoms with Crippen LogP contribution in [0.4, 0.5) is 0 Å². The molecule has 2 aliphatic rings. The minimum absolute atomic E-state index is 0.262. The SMILES string of the molecule is CCOC(=O)C(C)=O.c1cc2cc-2c1. The summed E-state index contributed by atoms with van der Waals surface area (Å²) in [6.45, 7) is 3.09. The Hall–Kier alpha value is -1.64. The lowest BCUT2D eigenvalue weighted by atomic mass is 10.5. The van der Waals surface area contributed by atoms with E-state index in [1.54, 1.807) is 6.92 Å². The third kappa shape index (κ3) is 3.01. The number of Topliss-reactive ketones (excluding diaryl/α,β-unsaturated/α-hetero) is 1. The first-order valence-electron chi connectivity index (χ1n) is 4.43. The molecule has 0 aliphatic heterocycles. The second kappa shape index (κ2) is 4.56. The average molecular weight is 192 g/mol. The van der Waals surface area contributed by atoms with E-state index in [9.17, 15) is 9.59 Å². The molecule has 0 spiro atoms. The monoisotopic (exact) mass is 192 g/mol. The summed E-state index contributed by atoms with van der Waals surface area (Å²) in [5, 5.41) is 0. The van der Waals surface area contributed by atoms with E-state index >= 15 is 0 Å². The number of fused-ring (bicyclic) bond motifs is 1. The highest BCUT2D eigenvalue weighted by molar-refractivity contribution is 6.32. The van der Waals surface area contributed by atoms with Gasteiger partial charge < -0.3 is 4.74 Å². The molecule has 0 saturated heterocycles. The van der Waals surface area contributed by atoms with E-state index in [0.29, 0.717) is 0 Å². The molecule has 0 saturated carbocycles. The molecule has 0 aromatic carbocycles. The maximum atomic E-state index is 10.2. The van der Waals surface area contributed by atoms with Crippen LogP contribution < -0.4 is 0 Å². The Morgan fingerprint density at radius 2 is 1.86 bits per heavy atom. The van der Waals surface area contributed by atoms with Crippen molar-refractivity contribution in [3.05, 3.63) is 24.3 Å². The Morgan fingerprint density at radius 1 is 1.29 bits per heavy atom. The van der Waals surface area contributed by atoms with Gasteiger partial charge in [-0.3, -0.25) is 4.79 Å². The topological polar surface area (TPSA) is 43.4 Å². The summed E-state index contributed by atoms with van der Waals surface area (Å²) in [7, 11) is 0. The van der Waals surface area contributed by atoms with Crippen molar-refractivity contribution in [3.63, 3.8) is 0 Å². The molecule has 0 radical (unpaired) electrons. The van der Waals surface area contributed by atoms with E-state index in [1.165, 1.54) is 18.1 Å². The largest absolute Gasteiger partial charge is 0.460 e. The number of ketones is 1. The van der Waals surface area contributed by atoms with Crippen LogP contribution in [0, 0.1) is 0 Å². The minimum Gasteiger partial charge on any atom is -0.460 e. The third-order valence-electron chi connectivity index (χ3n) is 1.68. The van der Waals surface area contributed by atoms with Crippen molar-refractivity contribution in [2.24, 2.45) is 0 Å². The zero-order chi connectivity index (χ0) is 10.6. The Morgan fingerprint density at radius 3 is 2.00 bits per heavy atom. The summed E-state index contributed by atoms with van der Waals surface area (Å²) in [5.74, 6) is -1.31. The zero-order valence-corrected chi connectivity index (χ0v) is 8.24. The highest BCUT2D eigenvalue weighted by Crippen LogP contribution is 2.32. The Balaban J connectivity index is 0.000000143. The van der Waals surface area contributed by atoms with E-state index in [0.717, 1.165) is 0 Å². The van der Waals surface area contributed by atoms with Crippen LogP contribution in [0.1, 0.15) is 13.8 Å². The first-order valence-corrected chi connectivity index (χ1v) is 4.43. The third-order valence-corrected chi connectivity index (χ3v) is 1.68. The molecule has 0 bridgehead atoms. The van der Waals surface area contributed by atoms with Crippen LogP contribution >= 0.6 is 0 Å². The van der Waals surface area contributed by atoms with Crippen LogP contribution in [0.25, 0.3) is 11.1 Å². The van der Waals surface area contributed by atoms with Crippen LogP contribution in [0.3, 0.4) is 0 Å². The smallest absolute Gasteiger partial charge is 0.374 e. The summed E-state index contributed by atoms with van der Waals surface area (Å²) in [6.07, 6.45) is 0. The van der Waals surface area contributed by atoms with Gasteiger partial charge in [0.05, 0.1) is 6.61 Å². The van der Waals surface area contributed by atoms with Crippen molar-refractivity contribution >= 4 is 11.8 Å². The lowest BCUT2D eigenvalue weighted by Crippen LogP contribution is -2.12. The molecule has 0 N–H and O–H groups in total. The van der Waals surface area contributed by atoms with Crippen LogP contribution in [0.15, 0.2) is 24.3 Å². The van der Waals surface area contributed by atoms with Gasteiger partial charge in [0.25, 0.3) is 0 Å². The quantitative estimate of drug-likeness (QED) is 0.538. The van der Waals surface area contributed by atoms with Crippen molar-refractivity contribution in [2.75, 3.05) is 6.61 Å². The fourth-order valence-corrected chi connectivity index (χ4v) is 0.908. The summed E-state index contributed by atoms with van der Waals surface area (Å²) >= 11 is 0. The van der Waals surface area contributed by atoms with Crippen molar-refractivity contribution in [3.8, 4) is 11.1 Å². The number of esters is 1. The molecule has 0 atom stereocenters. The molecule has 74 valence electrons. The van der Waals surface area contributed by atoms with E-state index in [2.05, 4.69) is 29.0 Å². The molecule has 2 aliphatic carbocycles. The lowest BCUT2D eigenvalue weighted by Gasteiger charge is -1.93. The highest BCUT2D eigenvalue weighted by Gasteiger charge is 2.07. The zero-order valence-electron chi connectivity index (χ0n) is 8.24. The van der Waals surface area contributed by atoms with Crippen molar-refractivity contribution in [1.82, 2.24) is 0 Å². The predicted octanol–water partition coefficient (Wildman–Crippen LogP) is 1.81. The molecule has 3 heteroatoms. The standard InChI is InChI=1S/C6H4.C5H8O3/c1-2-5-4-6(5)3-1;1-3-8-5(7)4(2)6/h1-4H;3H2,1-2H3. The first-order chi connectivity index (χ1) is 6.65. The number of benzene rings is 1. The number of hydrogen-bond donors (Lipinski definition) is 0. The Labute approximate surface area is 82.7 Å². The van der Waals surface area contributed by atoms with Gasteiger partial charge in [-0.1, -0.05) is 18.2 Å². The van der Waals surface area contributed by atoms with Gasteiger partial charge in [0.1, 0.15) is 0 Å². The second-order valence-corrected chi connectivity index (χ2v) is 2.86. The minimum atomic E-state index is -0.757. The van der Waals surface area contributed by atoms with Crippen LogP contribution in [-0.4, -0.2) is 18.4 Å². The first kappa shape index (κ1) is 10.4. The average Bonchev–Trinajstić information content (AvgIpc) is 2.75. The van der Waals surface area contributed by atoms with Crippen LogP contribution in [0.2, 0.25) is 0 Å². The van der Waals surface area contributed by atoms with E-state index < -0.39 is 11.8 Å². The number of carbonyl (C=O) groups excluding carboxylic acids is 2. The van der Waals surface area contributed by atoms with E-state index in [-0.39, 0.29) is 6.61 Å². The van der Waals surface area contributed by atoms with Gasteiger partial charge in [-0.2, -0.15) is 0 Å². The molecule has 0 aromatic rings. The predicted molar refractivity (Wildman–Crippen MR) is 52.8 cm³/mol. The molecule has 2 rings (SSSR count). The maximum Gasteiger partial charge on any atom is 0.374 e. The molecule has 3 nitrogen and oxygen atoms in total. The molecule has 0 heterocycles. The second-order valence-electron chi connectivity index (χ2n) is 2.86. The van der Waals surface area contributed by atoms with Gasteiger partial charge in [0.2, 0.25) is 5.78 Å². The Bertz CT molecular complexity index is 338. The fourth-order valence-electron chi connectivity index (χ4n) is 0.908.